The Labute approximate surface area is 98.1 Å². The molecule has 0 radical (unpaired) electrons. The lowest BCUT2D eigenvalue weighted by Gasteiger charge is -2.34. The number of Topliss-reactive ketones (excluding diaryl/α,β-unsaturated/α-hetero) is 1. The minimum absolute atomic E-state index is 0.195. The summed E-state index contributed by atoms with van der Waals surface area (Å²) in [5, 5.41) is 0. The van der Waals surface area contributed by atoms with Crippen molar-refractivity contribution in [1.82, 2.24) is 4.90 Å². The maximum absolute atomic E-state index is 11.8. The summed E-state index contributed by atoms with van der Waals surface area (Å²) in [5.41, 5.74) is 0. The molecule has 3 heteroatoms. The number of ether oxygens (including phenoxy) is 1. The van der Waals surface area contributed by atoms with Crippen molar-refractivity contribution < 1.29 is 9.53 Å². The predicted molar refractivity (Wildman–Crippen MR) is 64.1 cm³/mol. The Morgan fingerprint density at radius 2 is 2.38 bits per heavy atom. The van der Waals surface area contributed by atoms with Gasteiger partial charge in [-0.1, -0.05) is 0 Å². The molecule has 90 valence electrons. The average Bonchev–Trinajstić information content (AvgIpc) is 2.29. The molecule has 0 aromatic rings. The van der Waals surface area contributed by atoms with Crippen LogP contribution in [0.15, 0.2) is 0 Å². The molecule has 0 N–H and O–H groups in total. The van der Waals surface area contributed by atoms with Crippen molar-refractivity contribution in [2.24, 2.45) is 0 Å². The van der Waals surface area contributed by atoms with E-state index >= 15 is 0 Å². The molecular formula is C13H21NO2. The Kier molecular flexibility index (Phi) is 5.51. The number of terminal acetylenes is 1. The molecule has 0 saturated carbocycles. The molecule has 16 heavy (non-hydrogen) atoms. The topological polar surface area (TPSA) is 29.5 Å². The monoisotopic (exact) mass is 223 g/mol. The Morgan fingerprint density at radius 1 is 1.62 bits per heavy atom. The molecular weight excluding hydrogens is 202 g/mol. The van der Waals surface area contributed by atoms with E-state index in [0.29, 0.717) is 25.5 Å². The van der Waals surface area contributed by atoms with Crippen molar-refractivity contribution in [2.75, 3.05) is 19.7 Å². The number of rotatable bonds is 5. The fraction of sp³-hybridized carbons (Fsp3) is 0.769. The molecule has 0 aliphatic carbocycles. The van der Waals surface area contributed by atoms with Gasteiger partial charge in [-0.2, -0.15) is 0 Å². The van der Waals surface area contributed by atoms with Crippen molar-refractivity contribution in [3.8, 4) is 12.3 Å². The highest BCUT2D eigenvalue weighted by molar-refractivity contribution is 5.83. The maximum atomic E-state index is 11.8. The summed E-state index contributed by atoms with van der Waals surface area (Å²) in [7, 11) is 0. The molecule has 1 saturated heterocycles. The second kappa shape index (κ2) is 6.67. The third-order valence-corrected chi connectivity index (χ3v) is 2.93. The lowest BCUT2D eigenvalue weighted by molar-refractivity contribution is -0.137. The summed E-state index contributed by atoms with van der Waals surface area (Å²) >= 11 is 0. The van der Waals surface area contributed by atoms with Gasteiger partial charge >= 0.3 is 0 Å². The van der Waals surface area contributed by atoms with Gasteiger partial charge < -0.3 is 4.74 Å². The molecule has 1 aliphatic rings. The molecule has 0 spiro atoms. The molecule has 0 bridgehead atoms. The molecule has 1 heterocycles. The SMILES string of the molecule is C#CCCCC(=O)C1CN(C(C)C)CCO1. The minimum atomic E-state index is -0.242. The van der Waals surface area contributed by atoms with Crippen LogP contribution in [0.5, 0.6) is 0 Å². The second-order valence-electron chi connectivity index (χ2n) is 4.47. The molecule has 0 aromatic heterocycles. The summed E-state index contributed by atoms with van der Waals surface area (Å²) in [6.45, 7) is 6.60. The predicted octanol–water partition coefficient (Wildman–Crippen LogP) is 1.47. The number of nitrogens with zero attached hydrogens (tertiary/aromatic N) is 1. The normalized spacial score (nSPS) is 22.0. The van der Waals surface area contributed by atoms with Crippen LogP contribution in [0, 0.1) is 12.3 Å². The van der Waals surface area contributed by atoms with E-state index in [1.54, 1.807) is 0 Å². The van der Waals surface area contributed by atoms with Gasteiger partial charge in [-0.05, 0) is 20.3 Å². The van der Waals surface area contributed by atoms with Crippen LogP contribution in [0.4, 0.5) is 0 Å². The highest BCUT2D eigenvalue weighted by atomic mass is 16.5. The largest absolute Gasteiger partial charge is 0.368 e. The lowest BCUT2D eigenvalue weighted by atomic mass is 10.1. The van der Waals surface area contributed by atoms with E-state index in [-0.39, 0.29) is 11.9 Å². The highest BCUT2D eigenvalue weighted by Gasteiger charge is 2.26. The van der Waals surface area contributed by atoms with Crippen molar-refractivity contribution in [3.05, 3.63) is 0 Å². The molecule has 1 atom stereocenters. The molecule has 1 unspecified atom stereocenters. The van der Waals surface area contributed by atoms with Crippen LogP contribution < -0.4 is 0 Å². The van der Waals surface area contributed by atoms with Crippen LogP contribution in [0.25, 0.3) is 0 Å². The molecule has 1 rings (SSSR count). The van der Waals surface area contributed by atoms with E-state index in [0.717, 1.165) is 19.5 Å². The van der Waals surface area contributed by atoms with Crippen LogP contribution in [0.1, 0.15) is 33.1 Å². The number of ketones is 1. The summed E-state index contributed by atoms with van der Waals surface area (Å²) in [5.74, 6) is 2.74. The fourth-order valence-corrected chi connectivity index (χ4v) is 1.86. The Balaban J connectivity index is 2.35. The van der Waals surface area contributed by atoms with Crippen molar-refractivity contribution in [3.63, 3.8) is 0 Å². The zero-order valence-corrected chi connectivity index (χ0v) is 10.2. The van der Waals surface area contributed by atoms with Crippen LogP contribution in [0.2, 0.25) is 0 Å². The first-order chi connectivity index (χ1) is 7.65. The summed E-state index contributed by atoms with van der Waals surface area (Å²) in [4.78, 5) is 14.1. The van der Waals surface area contributed by atoms with Crippen molar-refractivity contribution >= 4 is 5.78 Å². The van der Waals surface area contributed by atoms with Crippen LogP contribution in [0.3, 0.4) is 0 Å². The molecule has 3 nitrogen and oxygen atoms in total. The van der Waals surface area contributed by atoms with E-state index in [9.17, 15) is 4.79 Å². The van der Waals surface area contributed by atoms with Gasteiger partial charge in [-0.15, -0.1) is 12.3 Å². The quantitative estimate of drug-likeness (QED) is 0.522. The van der Waals surface area contributed by atoms with Crippen molar-refractivity contribution in [1.29, 1.82) is 0 Å². The summed E-state index contributed by atoms with van der Waals surface area (Å²) in [6.07, 6.45) is 6.90. The number of hydrogen-bond acceptors (Lipinski definition) is 3. The van der Waals surface area contributed by atoms with Crippen LogP contribution in [-0.4, -0.2) is 42.5 Å². The minimum Gasteiger partial charge on any atom is -0.368 e. The van der Waals surface area contributed by atoms with Crippen molar-refractivity contribution in [2.45, 2.75) is 45.3 Å². The van der Waals surface area contributed by atoms with Gasteiger partial charge in [-0.25, -0.2) is 0 Å². The average molecular weight is 223 g/mol. The zero-order valence-electron chi connectivity index (χ0n) is 10.2. The van der Waals surface area contributed by atoms with Gasteiger partial charge in [-0.3, -0.25) is 9.69 Å². The number of hydrogen-bond donors (Lipinski definition) is 0. The fourth-order valence-electron chi connectivity index (χ4n) is 1.86. The number of unbranched alkanes of at least 4 members (excludes halogenated alkanes) is 1. The Bertz CT molecular complexity index is 268. The standard InChI is InChI=1S/C13H21NO2/c1-4-5-6-7-12(15)13-10-14(11(2)3)8-9-16-13/h1,11,13H,5-10H2,2-3H3. The van der Waals surface area contributed by atoms with Crippen LogP contribution >= 0.6 is 0 Å². The second-order valence-corrected chi connectivity index (χ2v) is 4.47. The van der Waals surface area contributed by atoms with E-state index in [1.165, 1.54) is 0 Å². The maximum Gasteiger partial charge on any atom is 0.162 e. The summed E-state index contributed by atoms with van der Waals surface area (Å²) < 4.78 is 5.51. The Hall–Kier alpha value is -0.850. The van der Waals surface area contributed by atoms with Crippen LogP contribution in [-0.2, 0) is 9.53 Å². The molecule has 1 fully saturated rings. The molecule has 0 amide bonds. The molecule has 1 aliphatic heterocycles. The van der Waals surface area contributed by atoms with Gasteiger partial charge in [0.1, 0.15) is 6.10 Å². The number of morpholine rings is 1. The zero-order chi connectivity index (χ0) is 12.0. The van der Waals surface area contributed by atoms with Gasteiger partial charge in [0.25, 0.3) is 0 Å². The van der Waals surface area contributed by atoms with Gasteiger partial charge in [0.2, 0.25) is 0 Å². The third kappa shape index (κ3) is 3.96. The van der Waals surface area contributed by atoms with Gasteiger partial charge in [0.15, 0.2) is 5.78 Å². The highest BCUT2D eigenvalue weighted by Crippen LogP contribution is 2.12. The first kappa shape index (κ1) is 13.2. The van der Waals surface area contributed by atoms with Gasteiger partial charge in [0, 0.05) is 32.0 Å². The first-order valence-corrected chi connectivity index (χ1v) is 5.97. The summed E-state index contributed by atoms with van der Waals surface area (Å²) in [6, 6.07) is 0.477. The van der Waals surface area contributed by atoms with Gasteiger partial charge in [0.05, 0.1) is 6.61 Å². The number of carbonyl (C=O) groups is 1. The van der Waals surface area contributed by atoms with E-state index in [1.807, 2.05) is 0 Å². The van der Waals surface area contributed by atoms with E-state index < -0.39 is 0 Å². The van der Waals surface area contributed by atoms with E-state index in [4.69, 9.17) is 11.2 Å². The molecule has 0 aromatic carbocycles. The first-order valence-electron chi connectivity index (χ1n) is 5.97. The number of carbonyl (C=O) groups excluding carboxylic acids is 1. The van der Waals surface area contributed by atoms with E-state index in [2.05, 4.69) is 24.7 Å². The Morgan fingerprint density at radius 3 is 3.00 bits per heavy atom. The lowest BCUT2D eigenvalue weighted by Crippen LogP contribution is -2.48. The smallest absolute Gasteiger partial charge is 0.162 e. The third-order valence-electron chi connectivity index (χ3n) is 2.93.